The van der Waals surface area contributed by atoms with E-state index in [2.05, 4.69) is 10.6 Å². The van der Waals surface area contributed by atoms with Gasteiger partial charge in [0.1, 0.15) is 6.04 Å². The predicted molar refractivity (Wildman–Crippen MR) is 88.6 cm³/mol. The Balaban J connectivity index is 2.83. The van der Waals surface area contributed by atoms with E-state index in [0.717, 1.165) is 11.8 Å². The molecule has 0 fully saturated rings. The summed E-state index contributed by atoms with van der Waals surface area (Å²) in [4.78, 5) is 23.7. The van der Waals surface area contributed by atoms with Crippen LogP contribution in [0.3, 0.4) is 0 Å². The van der Waals surface area contributed by atoms with Gasteiger partial charge in [0.25, 0.3) is 0 Å². The molecule has 1 aromatic carbocycles. The second-order valence-electron chi connectivity index (χ2n) is 5.99. The van der Waals surface area contributed by atoms with Crippen molar-refractivity contribution < 1.29 is 18.0 Å². The van der Waals surface area contributed by atoms with Gasteiger partial charge in [0.05, 0.1) is 10.9 Å². The van der Waals surface area contributed by atoms with E-state index in [1.54, 1.807) is 19.1 Å². The summed E-state index contributed by atoms with van der Waals surface area (Å²) in [5.41, 5.74) is 0.788. The Bertz CT molecular complexity index is 666. The minimum absolute atomic E-state index is 0.0429. The molecule has 0 bridgehead atoms. The summed E-state index contributed by atoms with van der Waals surface area (Å²) in [5, 5.41) is 5.47. The van der Waals surface area contributed by atoms with E-state index in [0.29, 0.717) is 0 Å². The lowest BCUT2D eigenvalue weighted by Crippen LogP contribution is -2.49. The molecule has 6 nitrogen and oxygen atoms in total. The number of benzene rings is 1. The Morgan fingerprint density at radius 1 is 1.00 bits per heavy atom. The molecule has 1 aromatic rings. The van der Waals surface area contributed by atoms with Crippen molar-refractivity contribution in [1.82, 2.24) is 10.6 Å². The van der Waals surface area contributed by atoms with Crippen LogP contribution in [0.15, 0.2) is 29.2 Å². The number of sulfone groups is 1. The van der Waals surface area contributed by atoms with Crippen molar-refractivity contribution in [1.29, 1.82) is 0 Å². The van der Waals surface area contributed by atoms with Crippen LogP contribution in [-0.4, -0.2) is 32.5 Å². The molecule has 0 aromatic heterocycles. The number of nitrogens with one attached hydrogen (secondary N) is 2. The normalized spacial score (nSPS) is 14.2. The Kier molecular flexibility index (Phi) is 6.32. The van der Waals surface area contributed by atoms with E-state index in [1.807, 2.05) is 13.8 Å². The van der Waals surface area contributed by atoms with Crippen molar-refractivity contribution in [3.8, 4) is 0 Å². The van der Waals surface area contributed by atoms with Gasteiger partial charge in [-0.1, -0.05) is 26.0 Å². The third-order valence-corrected chi connectivity index (χ3v) is 4.60. The molecule has 7 heteroatoms. The van der Waals surface area contributed by atoms with Gasteiger partial charge in [0.15, 0.2) is 9.84 Å². The van der Waals surface area contributed by atoms with Crippen LogP contribution in [0.1, 0.15) is 39.3 Å². The fraction of sp³-hybridized carbons (Fsp3) is 0.500. The van der Waals surface area contributed by atoms with Crippen LogP contribution in [0.5, 0.6) is 0 Å². The first-order valence-corrected chi connectivity index (χ1v) is 9.29. The van der Waals surface area contributed by atoms with E-state index in [4.69, 9.17) is 0 Å². The molecule has 0 aliphatic heterocycles. The molecule has 23 heavy (non-hydrogen) atoms. The summed E-state index contributed by atoms with van der Waals surface area (Å²) in [5.74, 6) is -0.572. The SMILES string of the molecule is CC(=O)N[C@H](C(=O)N[C@@H](C)c1ccc(S(C)(=O)=O)cc1)C(C)C. The number of hydrogen-bond acceptors (Lipinski definition) is 4. The zero-order valence-electron chi connectivity index (χ0n) is 14.1. The summed E-state index contributed by atoms with van der Waals surface area (Å²) in [6.45, 7) is 6.88. The minimum atomic E-state index is -3.24. The molecule has 2 atom stereocenters. The maximum Gasteiger partial charge on any atom is 0.243 e. The van der Waals surface area contributed by atoms with E-state index < -0.39 is 15.9 Å². The fourth-order valence-electron chi connectivity index (χ4n) is 2.14. The molecule has 0 aliphatic carbocycles. The fourth-order valence-corrected chi connectivity index (χ4v) is 2.77. The zero-order valence-corrected chi connectivity index (χ0v) is 14.9. The average Bonchev–Trinajstić information content (AvgIpc) is 2.43. The van der Waals surface area contributed by atoms with Crippen LogP contribution in [0.2, 0.25) is 0 Å². The Morgan fingerprint density at radius 3 is 1.91 bits per heavy atom. The molecule has 0 unspecified atom stereocenters. The van der Waals surface area contributed by atoms with Crippen molar-refractivity contribution in [2.24, 2.45) is 5.92 Å². The quantitative estimate of drug-likeness (QED) is 0.819. The highest BCUT2D eigenvalue weighted by atomic mass is 32.2. The smallest absolute Gasteiger partial charge is 0.243 e. The Morgan fingerprint density at radius 2 is 1.52 bits per heavy atom. The molecule has 2 N–H and O–H groups in total. The van der Waals surface area contributed by atoms with Crippen LogP contribution in [0.25, 0.3) is 0 Å². The van der Waals surface area contributed by atoms with Crippen molar-refractivity contribution in [3.05, 3.63) is 29.8 Å². The largest absolute Gasteiger partial charge is 0.348 e. The van der Waals surface area contributed by atoms with Gasteiger partial charge < -0.3 is 10.6 Å². The van der Waals surface area contributed by atoms with E-state index >= 15 is 0 Å². The highest BCUT2D eigenvalue weighted by Gasteiger charge is 2.24. The predicted octanol–water partition coefficient (Wildman–Crippen LogP) is 1.43. The molecule has 128 valence electrons. The zero-order chi connectivity index (χ0) is 17.8. The first-order chi connectivity index (χ1) is 10.5. The maximum absolute atomic E-state index is 12.3. The topological polar surface area (TPSA) is 92.3 Å². The third-order valence-electron chi connectivity index (χ3n) is 3.47. The average molecular weight is 340 g/mol. The molecular weight excluding hydrogens is 316 g/mol. The lowest BCUT2D eigenvalue weighted by Gasteiger charge is -2.23. The number of amides is 2. The summed E-state index contributed by atoms with van der Waals surface area (Å²) in [6, 6.07) is 5.47. The lowest BCUT2D eigenvalue weighted by atomic mass is 10.0. The Hall–Kier alpha value is -1.89. The van der Waals surface area contributed by atoms with E-state index in [-0.39, 0.29) is 28.7 Å². The first-order valence-electron chi connectivity index (χ1n) is 7.40. The van der Waals surface area contributed by atoms with Crippen LogP contribution in [0, 0.1) is 5.92 Å². The van der Waals surface area contributed by atoms with Crippen molar-refractivity contribution in [2.45, 2.75) is 44.7 Å². The summed E-state index contributed by atoms with van der Waals surface area (Å²) in [6.07, 6.45) is 1.15. The number of hydrogen-bond donors (Lipinski definition) is 2. The molecule has 1 rings (SSSR count). The van der Waals surface area contributed by atoms with Crippen molar-refractivity contribution in [3.63, 3.8) is 0 Å². The van der Waals surface area contributed by atoms with Gasteiger partial charge in [0, 0.05) is 13.2 Å². The summed E-state index contributed by atoms with van der Waals surface area (Å²) < 4.78 is 22.9. The Labute approximate surface area is 137 Å². The van der Waals surface area contributed by atoms with E-state index in [1.165, 1.54) is 19.1 Å². The molecule has 0 saturated carbocycles. The number of carbonyl (C=O) groups excluding carboxylic acids is 2. The molecular formula is C16H24N2O4S. The highest BCUT2D eigenvalue weighted by molar-refractivity contribution is 7.90. The first kappa shape index (κ1) is 19.2. The highest BCUT2D eigenvalue weighted by Crippen LogP contribution is 2.17. The number of rotatable bonds is 6. The van der Waals surface area contributed by atoms with Crippen LogP contribution >= 0.6 is 0 Å². The maximum atomic E-state index is 12.3. The molecule has 2 amide bonds. The molecule has 0 saturated heterocycles. The van der Waals surface area contributed by atoms with Gasteiger partial charge in [-0.05, 0) is 30.5 Å². The van der Waals surface area contributed by atoms with Crippen LogP contribution in [0.4, 0.5) is 0 Å². The van der Waals surface area contributed by atoms with E-state index in [9.17, 15) is 18.0 Å². The lowest BCUT2D eigenvalue weighted by molar-refractivity contribution is -0.129. The van der Waals surface area contributed by atoms with Gasteiger partial charge in [-0.3, -0.25) is 9.59 Å². The molecule has 0 aliphatic rings. The second-order valence-corrected chi connectivity index (χ2v) is 8.01. The second kappa shape index (κ2) is 7.59. The van der Waals surface area contributed by atoms with Crippen molar-refractivity contribution >= 4 is 21.7 Å². The summed E-state index contributed by atoms with van der Waals surface area (Å²) >= 11 is 0. The van der Waals surface area contributed by atoms with Crippen LogP contribution in [-0.2, 0) is 19.4 Å². The van der Waals surface area contributed by atoms with Gasteiger partial charge >= 0.3 is 0 Å². The third kappa shape index (κ3) is 5.67. The van der Waals surface area contributed by atoms with Gasteiger partial charge in [-0.15, -0.1) is 0 Å². The van der Waals surface area contributed by atoms with Crippen molar-refractivity contribution in [2.75, 3.05) is 6.26 Å². The molecule has 0 heterocycles. The molecule has 0 spiro atoms. The number of carbonyl (C=O) groups is 2. The monoisotopic (exact) mass is 340 g/mol. The van der Waals surface area contributed by atoms with Crippen LogP contribution < -0.4 is 10.6 Å². The summed E-state index contributed by atoms with van der Waals surface area (Å²) in [7, 11) is -3.24. The van der Waals surface area contributed by atoms with Gasteiger partial charge in [-0.2, -0.15) is 0 Å². The minimum Gasteiger partial charge on any atom is -0.348 e. The van der Waals surface area contributed by atoms with Gasteiger partial charge in [0.2, 0.25) is 11.8 Å². The standard InChI is InChI=1S/C16H24N2O4S/c1-10(2)15(18-12(4)19)16(20)17-11(3)13-6-8-14(9-7-13)23(5,21)22/h6-11,15H,1-5H3,(H,17,20)(H,18,19)/t11-,15-/m0/s1. The van der Waals surface area contributed by atoms with Gasteiger partial charge in [-0.25, -0.2) is 8.42 Å². The molecule has 0 radical (unpaired) electrons.